The molecule has 3 aromatic rings. The van der Waals surface area contributed by atoms with E-state index in [0.717, 1.165) is 5.56 Å². The summed E-state index contributed by atoms with van der Waals surface area (Å²) in [5.41, 5.74) is 1.62. The number of carbonyl (C=O) groups excluding carboxylic acids is 2. The molecule has 3 rings (SSSR count). The Kier molecular flexibility index (Phi) is 5.08. The molecule has 0 atom stereocenters. The smallest absolute Gasteiger partial charge is 0.282 e. The lowest BCUT2D eigenvalue weighted by molar-refractivity contribution is -0.385. The van der Waals surface area contributed by atoms with Gasteiger partial charge in [-0.1, -0.05) is 54.1 Å². The van der Waals surface area contributed by atoms with Crippen LogP contribution in [0.3, 0.4) is 0 Å². The number of aryl methyl sites for hydroxylation is 1. The van der Waals surface area contributed by atoms with Crippen molar-refractivity contribution in [2.24, 2.45) is 0 Å². The zero-order valence-corrected chi connectivity index (χ0v) is 14.5. The minimum atomic E-state index is -0.645. The molecule has 0 heterocycles. The molecular weight excluding hydrogens is 344 g/mol. The molecule has 3 aromatic carbocycles. The van der Waals surface area contributed by atoms with Crippen LogP contribution in [-0.4, -0.2) is 16.6 Å². The van der Waals surface area contributed by atoms with Crippen molar-refractivity contribution in [1.29, 1.82) is 0 Å². The fourth-order valence-corrected chi connectivity index (χ4v) is 2.71. The number of hydrogen-bond donors (Lipinski definition) is 1. The van der Waals surface area contributed by atoms with Crippen molar-refractivity contribution >= 4 is 23.1 Å². The summed E-state index contributed by atoms with van der Waals surface area (Å²) in [6, 6.07) is 19.5. The number of amides is 1. The number of nitro groups is 1. The third-order valence-corrected chi connectivity index (χ3v) is 4.05. The van der Waals surface area contributed by atoms with Gasteiger partial charge >= 0.3 is 0 Å². The van der Waals surface area contributed by atoms with Crippen LogP contribution in [0.25, 0.3) is 0 Å². The van der Waals surface area contributed by atoms with E-state index in [1.54, 1.807) is 48.5 Å². The SMILES string of the molecule is Cc1ccc(NC(=O)c2ccccc2[N+](=O)[O-])c(C(=O)c2ccccc2)c1. The molecule has 134 valence electrons. The van der Waals surface area contributed by atoms with Crippen molar-refractivity contribution in [3.8, 4) is 0 Å². The normalized spacial score (nSPS) is 10.3. The molecule has 0 aliphatic carbocycles. The molecule has 27 heavy (non-hydrogen) atoms. The Bertz CT molecular complexity index is 1030. The number of nitrogens with zero attached hydrogens (tertiary/aromatic N) is 1. The second kappa shape index (κ2) is 7.61. The Morgan fingerprint density at radius 3 is 2.26 bits per heavy atom. The standard InChI is InChI=1S/C21H16N2O4/c1-14-11-12-18(17(13-14)20(24)15-7-3-2-4-8-15)22-21(25)16-9-5-6-10-19(16)23(26)27/h2-13H,1H3,(H,22,25). The van der Waals surface area contributed by atoms with Crippen LogP contribution < -0.4 is 5.32 Å². The summed E-state index contributed by atoms with van der Waals surface area (Å²) in [5, 5.41) is 13.8. The van der Waals surface area contributed by atoms with E-state index >= 15 is 0 Å². The van der Waals surface area contributed by atoms with E-state index in [0.29, 0.717) is 16.8 Å². The van der Waals surface area contributed by atoms with Crippen molar-refractivity contribution in [1.82, 2.24) is 0 Å². The Labute approximate surface area is 155 Å². The van der Waals surface area contributed by atoms with Crippen LogP contribution in [0.5, 0.6) is 0 Å². The summed E-state index contributed by atoms with van der Waals surface area (Å²) in [6.45, 7) is 1.84. The molecule has 1 N–H and O–H groups in total. The van der Waals surface area contributed by atoms with Crippen molar-refractivity contribution in [2.75, 3.05) is 5.32 Å². The van der Waals surface area contributed by atoms with E-state index in [1.807, 2.05) is 13.0 Å². The first-order chi connectivity index (χ1) is 13.0. The summed E-state index contributed by atoms with van der Waals surface area (Å²) in [5.74, 6) is -0.884. The van der Waals surface area contributed by atoms with Gasteiger partial charge in [-0.3, -0.25) is 19.7 Å². The first-order valence-electron chi connectivity index (χ1n) is 8.22. The zero-order chi connectivity index (χ0) is 19.4. The molecule has 0 aliphatic rings. The van der Waals surface area contributed by atoms with Gasteiger partial charge in [0.15, 0.2) is 5.78 Å². The molecule has 0 spiro atoms. The number of nitrogens with one attached hydrogen (secondary N) is 1. The number of anilines is 1. The van der Waals surface area contributed by atoms with Crippen molar-refractivity contribution in [3.63, 3.8) is 0 Å². The largest absolute Gasteiger partial charge is 0.321 e. The van der Waals surface area contributed by atoms with E-state index in [2.05, 4.69) is 5.32 Å². The monoisotopic (exact) mass is 360 g/mol. The molecule has 0 saturated heterocycles. The topological polar surface area (TPSA) is 89.3 Å². The van der Waals surface area contributed by atoms with Gasteiger partial charge in [-0.15, -0.1) is 0 Å². The number of ketones is 1. The quantitative estimate of drug-likeness (QED) is 0.415. The first-order valence-corrected chi connectivity index (χ1v) is 8.22. The summed E-state index contributed by atoms with van der Waals surface area (Å²) in [4.78, 5) is 36.0. The summed E-state index contributed by atoms with van der Waals surface area (Å²) in [7, 11) is 0. The zero-order valence-electron chi connectivity index (χ0n) is 14.5. The maximum Gasteiger partial charge on any atom is 0.282 e. The Morgan fingerprint density at radius 2 is 1.56 bits per heavy atom. The van der Waals surface area contributed by atoms with Gasteiger partial charge < -0.3 is 5.32 Å². The summed E-state index contributed by atoms with van der Waals surface area (Å²) >= 11 is 0. The lowest BCUT2D eigenvalue weighted by Crippen LogP contribution is -2.16. The highest BCUT2D eigenvalue weighted by atomic mass is 16.6. The molecule has 0 aromatic heterocycles. The fourth-order valence-electron chi connectivity index (χ4n) is 2.71. The van der Waals surface area contributed by atoms with Crippen LogP contribution in [0.4, 0.5) is 11.4 Å². The number of carbonyl (C=O) groups is 2. The highest BCUT2D eigenvalue weighted by Gasteiger charge is 2.21. The van der Waals surface area contributed by atoms with Gasteiger partial charge in [-0.05, 0) is 25.1 Å². The maximum absolute atomic E-state index is 12.9. The molecule has 0 fully saturated rings. The third-order valence-electron chi connectivity index (χ3n) is 4.05. The minimum absolute atomic E-state index is 0.0683. The molecule has 6 nitrogen and oxygen atoms in total. The van der Waals surface area contributed by atoms with Crippen LogP contribution in [-0.2, 0) is 0 Å². The van der Waals surface area contributed by atoms with Gasteiger partial charge in [0.1, 0.15) is 5.56 Å². The van der Waals surface area contributed by atoms with Gasteiger partial charge in [0.25, 0.3) is 11.6 Å². The van der Waals surface area contributed by atoms with E-state index in [-0.39, 0.29) is 17.0 Å². The molecule has 0 radical (unpaired) electrons. The highest BCUT2D eigenvalue weighted by Crippen LogP contribution is 2.24. The second-order valence-electron chi connectivity index (χ2n) is 5.97. The van der Waals surface area contributed by atoms with E-state index in [4.69, 9.17) is 0 Å². The highest BCUT2D eigenvalue weighted by molar-refractivity contribution is 6.16. The average molecular weight is 360 g/mol. The molecule has 0 bridgehead atoms. The fraction of sp³-hybridized carbons (Fsp3) is 0.0476. The maximum atomic E-state index is 12.9. The van der Waals surface area contributed by atoms with Gasteiger partial charge in [0, 0.05) is 17.2 Å². The lowest BCUT2D eigenvalue weighted by atomic mass is 9.99. The van der Waals surface area contributed by atoms with Gasteiger partial charge in [0.05, 0.1) is 10.6 Å². The Hall–Kier alpha value is -3.80. The van der Waals surface area contributed by atoms with Crippen molar-refractivity contribution in [2.45, 2.75) is 6.92 Å². The van der Waals surface area contributed by atoms with E-state index in [1.165, 1.54) is 18.2 Å². The van der Waals surface area contributed by atoms with Gasteiger partial charge in [-0.25, -0.2) is 0 Å². The minimum Gasteiger partial charge on any atom is -0.321 e. The molecule has 6 heteroatoms. The first kappa shape index (κ1) is 18.0. The molecule has 0 saturated carbocycles. The number of para-hydroxylation sites is 1. The predicted octanol–water partition coefficient (Wildman–Crippen LogP) is 4.39. The molecule has 0 unspecified atom stereocenters. The van der Waals surface area contributed by atoms with Crippen LogP contribution in [0.1, 0.15) is 31.8 Å². The van der Waals surface area contributed by atoms with Gasteiger partial charge in [-0.2, -0.15) is 0 Å². The van der Waals surface area contributed by atoms with Crippen LogP contribution in [0.2, 0.25) is 0 Å². The van der Waals surface area contributed by atoms with Crippen LogP contribution >= 0.6 is 0 Å². The number of hydrogen-bond acceptors (Lipinski definition) is 4. The van der Waals surface area contributed by atoms with E-state index < -0.39 is 10.8 Å². The van der Waals surface area contributed by atoms with E-state index in [9.17, 15) is 19.7 Å². The van der Waals surface area contributed by atoms with Crippen molar-refractivity contribution in [3.05, 3.63) is 105 Å². The summed E-state index contributed by atoms with van der Waals surface area (Å²) < 4.78 is 0. The number of rotatable bonds is 5. The van der Waals surface area contributed by atoms with Crippen LogP contribution in [0.15, 0.2) is 72.8 Å². The molecule has 1 amide bonds. The lowest BCUT2D eigenvalue weighted by Gasteiger charge is -2.12. The number of benzene rings is 3. The summed E-state index contributed by atoms with van der Waals surface area (Å²) in [6.07, 6.45) is 0. The van der Waals surface area contributed by atoms with Gasteiger partial charge in [0.2, 0.25) is 0 Å². The van der Waals surface area contributed by atoms with Crippen LogP contribution in [0, 0.1) is 17.0 Å². The Balaban J connectivity index is 1.98. The second-order valence-corrected chi connectivity index (χ2v) is 5.97. The third kappa shape index (κ3) is 3.90. The Morgan fingerprint density at radius 1 is 0.889 bits per heavy atom. The predicted molar refractivity (Wildman–Crippen MR) is 102 cm³/mol. The van der Waals surface area contributed by atoms with Crippen molar-refractivity contribution < 1.29 is 14.5 Å². The molecule has 0 aliphatic heterocycles. The average Bonchev–Trinajstić information content (AvgIpc) is 2.69. The molecular formula is C21H16N2O4. The number of nitro benzene ring substituents is 1.